The highest BCUT2D eigenvalue weighted by Gasteiger charge is 2.09. The lowest BCUT2D eigenvalue weighted by atomic mass is 10.1. The van der Waals surface area contributed by atoms with Crippen LogP contribution in [0.2, 0.25) is 0 Å². The van der Waals surface area contributed by atoms with Crippen LogP contribution in [0, 0.1) is 6.92 Å². The van der Waals surface area contributed by atoms with Crippen molar-refractivity contribution < 1.29 is 9.47 Å². The Kier molecular flexibility index (Phi) is 4.85. The number of aliphatic imine (C=N–C) groups is 1. The zero-order chi connectivity index (χ0) is 19.5. The topological polar surface area (TPSA) is 35.8 Å². The van der Waals surface area contributed by atoms with Gasteiger partial charge in [0, 0.05) is 35.4 Å². The number of methoxy groups -OCH3 is 1. The highest BCUT2D eigenvalue weighted by molar-refractivity contribution is 6.01. The molecule has 0 saturated carbocycles. The van der Waals surface area contributed by atoms with E-state index in [1.165, 1.54) is 16.6 Å². The van der Waals surface area contributed by atoms with Crippen molar-refractivity contribution >= 4 is 22.8 Å². The fraction of sp³-hybridized carbons (Fsp3) is 0.125. The Morgan fingerprint density at radius 1 is 0.821 bits per heavy atom. The van der Waals surface area contributed by atoms with Gasteiger partial charge in [0.1, 0.15) is 17.2 Å². The van der Waals surface area contributed by atoms with Crippen molar-refractivity contribution in [3.05, 3.63) is 84.1 Å². The van der Waals surface area contributed by atoms with Crippen LogP contribution in [0.15, 0.2) is 77.8 Å². The van der Waals surface area contributed by atoms with E-state index in [-0.39, 0.29) is 0 Å². The molecule has 0 saturated heterocycles. The second kappa shape index (κ2) is 7.61. The van der Waals surface area contributed by atoms with Crippen LogP contribution < -0.4 is 9.47 Å². The van der Waals surface area contributed by atoms with Crippen molar-refractivity contribution in [3.63, 3.8) is 0 Å². The number of fused-ring (bicyclic) bond motifs is 1. The molecular weight excluding hydrogens is 348 g/mol. The molecule has 0 bridgehead atoms. The third-order valence-electron chi connectivity index (χ3n) is 4.92. The van der Waals surface area contributed by atoms with Gasteiger partial charge in [0.2, 0.25) is 0 Å². The Morgan fingerprint density at radius 3 is 2.11 bits per heavy atom. The molecule has 0 spiro atoms. The molecule has 0 amide bonds. The summed E-state index contributed by atoms with van der Waals surface area (Å²) in [7, 11) is 3.73. The molecule has 4 nitrogen and oxygen atoms in total. The Morgan fingerprint density at radius 2 is 1.43 bits per heavy atom. The zero-order valence-electron chi connectivity index (χ0n) is 16.2. The molecule has 140 valence electrons. The van der Waals surface area contributed by atoms with Gasteiger partial charge in [-0.1, -0.05) is 18.2 Å². The van der Waals surface area contributed by atoms with E-state index in [0.29, 0.717) is 0 Å². The van der Waals surface area contributed by atoms with Gasteiger partial charge in [0.25, 0.3) is 0 Å². The average molecular weight is 370 g/mol. The van der Waals surface area contributed by atoms with E-state index in [4.69, 9.17) is 9.47 Å². The van der Waals surface area contributed by atoms with E-state index in [9.17, 15) is 0 Å². The van der Waals surface area contributed by atoms with Crippen molar-refractivity contribution in [1.82, 2.24) is 4.57 Å². The molecule has 0 atom stereocenters. The summed E-state index contributed by atoms with van der Waals surface area (Å²) in [5.41, 5.74) is 4.44. The zero-order valence-corrected chi connectivity index (χ0v) is 16.2. The van der Waals surface area contributed by atoms with Gasteiger partial charge in [0.05, 0.1) is 12.8 Å². The van der Waals surface area contributed by atoms with Crippen LogP contribution in [-0.4, -0.2) is 17.9 Å². The second-order valence-electron chi connectivity index (χ2n) is 6.60. The first kappa shape index (κ1) is 17.9. The summed E-state index contributed by atoms with van der Waals surface area (Å²) in [6.07, 6.45) is 1.94. The molecule has 3 aromatic carbocycles. The highest BCUT2D eigenvalue weighted by atomic mass is 16.5. The second-order valence-corrected chi connectivity index (χ2v) is 6.60. The van der Waals surface area contributed by atoms with E-state index >= 15 is 0 Å². The molecule has 0 unspecified atom stereocenters. The van der Waals surface area contributed by atoms with Gasteiger partial charge in [-0.05, 0) is 61.5 Å². The SMILES string of the molecule is COc1ccc(Oc2ccc(N=Cc3c(C)n(C)c4ccccc34)cc2)cc1. The van der Waals surface area contributed by atoms with Crippen LogP contribution in [0.4, 0.5) is 5.69 Å². The molecule has 1 heterocycles. The Balaban J connectivity index is 1.52. The molecule has 28 heavy (non-hydrogen) atoms. The quantitative estimate of drug-likeness (QED) is 0.402. The van der Waals surface area contributed by atoms with E-state index in [1.54, 1.807) is 7.11 Å². The lowest BCUT2D eigenvalue weighted by molar-refractivity contribution is 0.413. The molecule has 0 fully saturated rings. The third-order valence-corrected chi connectivity index (χ3v) is 4.92. The molecule has 4 rings (SSSR count). The van der Waals surface area contributed by atoms with Gasteiger partial charge in [-0.3, -0.25) is 4.99 Å². The van der Waals surface area contributed by atoms with E-state index in [0.717, 1.165) is 28.5 Å². The van der Waals surface area contributed by atoms with Crippen molar-refractivity contribution in [1.29, 1.82) is 0 Å². The minimum Gasteiger partial charge on any atom is -0.497 e. The molecule has 4 heteroatoms. The molecule has 0 aliphatic heterocycles. The number of nitrogens with zero attached hydrogens (tertiary/aromatic N) is 2. The fourth-order valence-electron chi connectivity index (χ4n) is 3.23. The molecular formula is C24H22N2O2. The predicted octanol–water partition coefficient (Wildman–Crippen LogP) is 6.04. The standard InChI is InChI=1S/C24H22N2O2/c1-17-23(22-6-4-5-7-24(22)26(17)2)16-25-18-8-10-20(11-9-18)28-21-14-12-19(27-3)13-15-21/h4-16H,1-3H3. The van der Waals surface area contributed by atoms with Gasteiger partial charge < -0.3 is 14.0 Å². The minimum absolute atomic E-state index is 0.767. The van der Waals surface area contributed by atoms with Crippen LogP contribution in [-0.2, 0) is 7.05 Å². The Hall–Kier alpha value is -3.53. The van der Waals surface area contributed by atoms with Crippen molar-refractivity contribution in [2.24, 2.45) is 12.0 Å². The minimum atomic E-state index is 0.767. The van der Waals surface area contributed by atoms with Crippen LogP contribution >= 0.6 is 0 Å². The maximum atomic E-state index is 5.86. The number of para-hydroxylation sites is 1. The first-order chi connectivity index (χ1) is 13.7. The fourth-order valence-corrected chi connectivity index (χ4v) is 3.23. The number of rotatable bonds is 5. The van der Waals surface area contributed by atoms with Crippen molar-refractivity contribution in [3.8, 4) is 17.2 Å². The number of hydrogen-bond acceptors (Lipinski definition) is 3. The Bertz CT molecular complexity index is 1120. The number of hydrogen-bond donors (Lipinski definition) is 0. The first-order valence-electron chi connectivity index (χ1n) is 9.16. The van der Waals surface area contributed by atoms with Gasteiger partial charge in [-0.2, -0.15) is 0 Å². The predicted molar refractivity (Wildman–Crippen MR) is 114 cm³/mol. The molecule has 0 N–H and O–H groups in total. The van der Waals surface area contributed by atoms with E-state index in [1.807, 2.05) is 54.7 Å². The Labute approximate surface area is 164 Å². The van der Waals surface area contributed by atoms with E-state index < -0.39 is 0 Å². The smallest absolute Gasteiger partial charge is 0.127 e. The van der Waals surface area contributed by atoms with Crippen LogP contribution in [0.25, 0.3) is 10.9 Å². The summed E-state index contributed by atoms with van der Waals surface area (Å²) in [5.74, 6) is 2.34. The molecule has 0 aliphatic rings. The van der Waals surface area contributed by atoms with E-state index in [2.05, 4.69) is 47.8 Å². The summed E-state index contributed by atoms with van der Waals surface area (Å²) in [6.45, 7) is 2.12. The molecule has 0 radical (unpaired) electrons. The lowest BCUT2D eigenvalue weighted by Gasteiger charge is -2.06. The maximum Gasteiger partial charge on any atom is 0.127 e. The average Bonchev–Trinajstić information content (AvgIpc) is 2.98. The first-order valence-corrected chi connectivity index (χ1v) is 9.16. The molecule has 4 aromatic rings. The van der Waals surface area contributed by atoms with Crippen LogP contribution in [0.1, 0.15) is 11.3 Å². The summed E-state index contributed by atoms with van der Waals surface area (Å²) in [4.78, 5) is 4.66. The summed E-state index contributed by atoms with van der Waals surface area (Å²) in [5, 5.41) is 1.21. The third kappa shape index (κ3) is 3.49. The largest absolute Gasteiger partial charge is 0.497 e. The normalized spacial score (nSPS) is 11.2. The molecule has 1 aromatic heterocycles. The van der Waals surface area contributed by atoms with Gasteiger partial charge >= 0.3 is 0 Å². The number of aryl methyl sites for hydroxylation is 1. The monoisotopic (exact) mass is 370 g/mol. The summed E-state index contributed by atoms with van der Waals surface area (Å²) < 4.78 is 13.2. The molecule has 0 aliphatic carbocycles. The van der Waals surface area contributed by atoms with Crippen molar-refractivity contribution in [2.45, 2.75) is 6.92 Å². The summed E-state index contributed by atoms with van der Waals surface area (Å²) in [6, 6.07) is 23.7. The van der Waals surface area contributed by atoms with Crippen LogP contribution in [0.5, 0.6) is 17.2 Å². The maximum absolute atomic E-state index is 5.86. The van der Waals surface area contributed by atoms with Crippen molar-refractivity contribution in [2.75, 3.05) is 7.11 Å². The number of aromatic nitrogens is 1. The highest BCUT2D eigenvalue weighted by Crippen LogP contribution is 2.27. The van der Waals surface area contributed by atoms with Gasteiger partial charge in [-0.15, -0.1) is 0 Å². The number of benzene rings is 3. The van der Waals surface area contributed by atoms with Crippen LogP contribution in [0.3, 0.4) is 0 Å². The lowest BCUT2D eigenvalue weighted by Crippen LogP contribution is -1.91. The summed E-state index contributed by atoms with van der Waals surface area (Å²) >= 11 is 0. The number of ether oxygens (including phenoxy) is 2. The van der Waals surface area contributed by atoms with Gasteiger partial charge in [0.15, 0.2) is 0 Å². The van der Waals surface area contributed by atoms with Gasteiger partial charge in [-0.25, -0.2) is 0 Å².